The molecule has 0 aromatic rings. The van der Waals surface area contributed by atoms with Gasteiger partial charge in [0.25, 0.3) is 0 Å². The number of guanidine groups is 1. The number of likely N-dealkylation sites (tertiary alicyclic amines) is 1. The van der Waals surface area contributed by atoms with Crippen molar-refractivity contribution in [2.75, 3.05) is 13.1 Å². The van der Waals surface area contributed by atoms with Crippen LogP contribution in [0, 0.1) is 11.3 Å². The second-order valence-corrected chi connectivity index (χ2v) is 3.08. The number of nitrogens with zero attached hydrogens (tertiary/aromatic N) is 1. The summed E-state index contributed by atoms with van der Waals surface area (Å²) in [6.45, 7) is 1.33. The standard InChI is InChI=1S/C7H13N3O2/c8-7(9)10-2-1-5(4-10)3-6(11)12/h5H,1-4H2,(H3,8,9)(H,11,12)/t5-/m1/s1. The van der Waals surface area contributed by atoms with E-state index in [1.807, 2.05) is 0 Å². The minimum Gasteiger partial charge on any atom is -0.481 e. The van der Waals surface area contributed by atoms with E-state index in [-0.39, 0.29) is 18.3 Å². The fraction of sp³-hybridized carbons (Fsp3) is 0.714. The quantitative estimate of drug-likeness (QED) is 0.392. The number of rotatable bonds is 2. The number of carboxylic acid groups (broad SMARTS) is 1. The summed E-state index contributed by atoms with van der Waals surface area (Å²) in [7, 11) is 0. The van der Waals surface area contributed by atoms with Crippen molar-refractivity contribution in [1.29, 1.82) is 5.41 Å². The highest BCUT2D eigenvalue weighted by molar-refractivity contribution is 5.75. The number of hydrogen-bond donors (Lipinski definition) is 3. The van der Waals surface area contributed by atoms with Gasteiger partial charge < -0.3 is 15.7 Å². The van der Waals surface area contributed by atoms with E-state index in [1.54, 1.807) is 4.90 Å². The predicted molar refractivity (Wildman–Crippen MR) is 43.8 cm³/mol. The largest absolute Gasteiger partial charge is 0.481 e. The van der Waals surface area contributed by atoms with Gasteiger partial charge in [-0.1, -0.05) is 0 Å². The van der Waals surface area contributed by atoms with Gasteiger partial charge in [-0.25, -0.2) is 0 Å². The number of aliphatic carboxylic acids is 1. The first kappa shape index (κ1) is 8.83. The van der Waals surface area contributed by atoms with Crippen molar-refractivity contribution >= 4 is 11.9 Å². The molecule has 5 nitrogen and oxygen atoms in total. The first-order valence-corrected chi connectivity index (χ1v) is 3.90. The van der Waals surface area contributed by atoms with E-state index in [1.165, 1.54) is 0 Å². The van der Waals surface area contributed by atoms with Crippen LogP contribution in [0.15, 0.2) is 0 Å². The van der Waals surface area contributed by atoms with Crippen molar-refractivity contribution < 1.29 is 9.90 Å². The van der Waals surface area contributed by atoms with Gasteiger partial charge in [0.1, 0.15) is 0 Å². The lowest BCUT2D eigenvalue weighted by Gasteiger charge is -2.14. The topological polar surface area (TPSA) is 90.4 Å². The van der Waals surface area contributed by atoms with Gasteiger partial charge in [-0.05, 0) is 12.3 Å². The third kappa shape index (κ3) is 2.11. The lowest BCUT2D eigenvalue weighted by atomic mass is 10.1. The van der Waals surface area contributed by atoms with Crippen molar-refractivity contribution in [1.82, 2.24) is 4.90 Å². The van der Waals surface area contributed by atoms with E-state index in [0.717, 1.165) is 6.42 Å². The first-order chi connectivity index (χ1) is 5.59. The Kier molecular flexibility index (Phi) is 2.52. The third-order valence-electron chi connectivity index (χ3n) is 2.09. The summed E-state index contributed by atoms with van der Waals surface area (Å²) in [5, 5.41) is 15.6. The summed E-state index contributed by atoms with van der Waals surface area (Å²) in [6.07, 6.45) is 1.01. The fourth-order valence-electron chi connectivity index (χ4n) is 1.47. The Hall–Kier alpha value is -1.26. The van der Waals surface area contributed by atoms with Gasteiger partial charge in [0, 0.05) is 19.5 Å². The molecule has 1 fully saturated rings. The van der Waals surface area contributed by atoms with Crippen molar-refractivity contribution in [3.8, 4) is 0 Å². The maximum absolute atomic E-state index is 10.3. The molecule has 0 unspecified atom stereocenters. The summed E-state index contributed by atoms with van der Waals surface area (Å²) >= 11 is 0. The fourth-order valence-corrected chi connectivity index (χ4v) is 1.47. The molecular weight excluding hydrogens is 158 g/mol. The molecule has 1 aliphatic rings. The normalized spacial score (nSPS) is 22.7. The molecule has 0 amide bonds. The highest BCUT2D eigenvalue weighted by atomic mass is 16.4. The Bertz CT molecular complexity index is 205. The maximum Gasteiger partial charge on any atom is 0.303 e. The third-order valence-corrected chi connectivity index (χ3v) is 2.09. The Morgan fingerprint density at radius 1 is 1.75 bits per heavy atom. The van der Waals surface area contributed by atoms with Crippen LogP contribution >= 0.6 is 0 Å². The average Bonchev–Trinajstić information content (AvgIpc) is 2.34. The van der Waals surface area contributed by atoms with Crippen molar-refractivity contribution in [2.24, 2.45) is 11.7 Å². The average molecular weight is 171 g/mol. The minimum absolute atomic E-state index is 0.0443. The molecule has 1 heterocycles. The summed E-state index contributed by atoms with van der Waals surface area (Å²) < 4.78 is 0. The Labute approximate surface area is 70.7 Å². The molecule has 12 heavy (non-hydrogen) atoms. The van der Waals surface area contributed by atoms with Gasteiger partial charge in [-0.15, -0.1) is 0 Å². The first-order valence-electron chi connectivity index (χ1n) is 3.90. The number of carboxylic acids is 1. The van der Waals surface area contributed by atoms with Crippen LogP contribution in [0.1, 0.15) is 12.8 Å². The van der Waals surface area contributed by atoms with E-state index in [4.69, 9.17) is 16.2 Å². The Balaban J connectivity index is 2.35. The van der Waals surface area contributed by atoms with Gasteiger partial charge in [0.15, 0.2) is 5.96 Å². The molecule has 0 bridgehead atoms. The minimum atomic E-state index is -0.773. The van der Waals surface area contributed by atoms with Gasteiger partial charge in [0.2, 0.25) is 0 Å². The van der Waals surface area contributed by atoms with Crippen LogP contribution in [0.3, 0.4) is 0 Å². The molecule has 1 rings (SSSR count). The lowest BCUT2D eigenvalue weighted by molar-refractivity contribution is -0.137. The lowest BCUT2D eigenvalue weighted by Crippen LogP contribution is -2.34. The zero-order valence-corrected chi connectivity index (χ0v) is 6.79. The molecular formula is C7H13N3O2. The van der Waals surface area contributed by atoms with E-state index < -0.39 is 5.97 Å². The number of nitrogens with two attached hydrogens (primary N) is 1. The SMILES string of the molecule is N=C(N)N1CC[C@H](CC(=O)O)C1. The van der Waals surface area contributed by atoms with Crippen LogP contribution < -0.4 is 5.73 Å². The summed E-state index contributed by atoms with van der Waals surface area (Å²) in [4.78, 5) is 12.0. The molecule has 0 aliphatic carbocycles. The zero-order chi connectivity index (χ0) is 9.14. The monoisotopic (exact) mass is 171 g/mol. The molecule has 5 heteroatoms. The van der Waals surface area contributed by atoms with E-state index in [9.17, 15) is 4.79 Å². The van der Waals surface area contributed by atoms with Crippen molar-refractivity contribution in [2.45, 2.75) is 12.8 Å². The van der Waals surface area contributed by atoms with Crippen LogP contribution in [0.5, 0.6) is 0 Å². The van der Waals surface area contributed by atoms with Crippen LogP contribution in [0.4, 0.5) is 0 Å². The van der Waals surface area contributed by atoms with Gasteiger partial charge in [-0.2, -0.15) is 0 Å². The number of hydrogen-bond acceptors (Lipinski definition) is 2. The molecule has 1 saturated heterocycles. The van der Waals surface area contributed by atoms with Crippen LogP contribution in [0.25, 0.3) is 0 Å². The molecule has 0 radical (unpaired) electrons. The number of nitrogens with one attached hydrogen (secondary N) is 1. The highest BCUT2D eigenvalue weighted by Gasteiger charge is 2.24. The predicted octanol–water partition coefficient (Wildman–Crippen LogP) is -0.324. The number of carbonyl (C=O) groups is 1. The molecule has 0 aromatic carbocycles. The molecule has 68 valence electrons. The van der Waals surface area contributed by atoms with Gasteiger partial charge in [0.05, 0.1) is 0 Å². The van der Waals surface area contributed by atoms with Crippen LogP contribution in [-0.2, 0) is 4.79 Å². The Morgan fingerprint density at radius 2 is 2.42 bits per heavy atom. The molecule has 1 atom stereocenters. The molecule has 0 spiro atoms. The van der Waals surface area contributed by atoms with E-state index in [0.29, 0.717) is 13.1 Å². The second kappa shape index (κ2) is 3.42. The maximum atomic E-state index is 10.3. The highest BCUT2D eigenvalue weighted by Crippen LogP contribution is 2.18. The molecule has 1 aliphatic heterocycles. The van der Waals surface area contributed by atoms with Crippen molar-refractivity contribution in [3.05, 3.63) is 0 Å². The Morgan fingerprint density at radius 3 is 2.83 bits per heavy atom. The molecule has 0 saturated carbocycles. The zero-order valence-electron chi connectivity index (χ0n) is 6.79. The molecule has 4 N–H and O–H groups in total. The van der Waals surface area contributed by atoms with Gasteiger partial charge >= 0.3 is 5.97 Å². The van der Waals surface area contributed by atoms with Crippen molar-refractivity contribution in [3.63, 3.8) is 0 Å². The van der Waals surface area contributed by atoms with Gasteiger partial charge in [-0.3, -0.25) is 10.2 Å². The smallest absolute Gasteiger partial charge is 0.303 e. The molecule has 0 aromatic heterocycles. The van der Waals surface area contributed by atoms with E-state index >= 15 is 0 Å². The summed E-state index contributed by atoms with van der Waals surface area (Å²) in [5.74, 6) is -0.570. The van der Waals surface area contributed by atoms with Crippen LogP contribution in [-0.4, -0.2) is 35.0 Å². The second-order valence-electron chi connectivity index (χ2n) is 3.08. The summed E-state index contributed by atoms with van der Waals surface area (Å²) in [5.41, 5.74) is 5.25. The van der Waals surface area contributed by atoms with Crippen LogP contribution in [0.2, 0.25) is 0 Å². The summed E-state index contributed by atoms with van der Waals surface area (Å²) in [6, 6.07) is 0. The van der Waals surface area contributed by atoms with E-state index in [2.05, 4.69) is 0 Å².